The van der Waals surface area contributed by atoms with Crippen LogP contribution in [0.5, 0.6) is 0 Å². The van der Waals surface area contributed by atoms with Gasteiger partial charge in [-0.3, -0.25) is 9.59 Å². The molecule has 1 heterocycles. The first-order valence-electron chi connectivity index (χ1n) is 10.3. The van der Waals surface area contributed by atoms with Crippen molar-refractivity contribution in [3.8, 4) is 10.6 Å². The molecule has 0 spiro atoms. The van der Waals surface area contributed by atoms with Gasteiger partial charge in [0.2, 0.25) is 16.9 Å². The van der Waals surface area contributed by atoms with Crippen molar-refractivity contribution in [3.63, 3.8) is 0 Å². The summed E-state index contributed by atoms with van der Waals surface area (Å²) in [4.78, 5) is 28.1. The number of hydrogen-bond donors (Lipinski definition) is 1. The molecule has 168 valence electrons. The summed E-state index contributed by atoms with van der Waals surface area (Å²) in [5.74, 6) is 0.172. The zero-order valence-corrected chi connectivity index (χ0v) is 20.3. The highest BCUT2D eigenvalue weighted by Crippen LogP contribution is 2.28. The smallest absolute Gasteiger partial charge is 0.233 e. The third-order valence-corrected chi connectivity index (χ3v) is 6.99. The number of nitrogens with one attached hydrogen (secondary N) is 1. The van der Waals surface area contributed by atoms with Crippen LogP contribution in [-0.2, 0) is 9.59 Å². The SMILES string of the molecule is CC[C@@H](C)N(CCC(=O)Nc1nnc(-c2cccc(Cl)c2)s1)C(=O)CSc1ccccc1. The summed E-state index contributed by atoms with van der Waals surface area (Å²) in [5, 5.41) is 12.7. The largest absolute Gasteiger partial charge is 0.339 e. The highest BCUT2D eigenvalue weighted by Gasteiger charge is 2.20. The molecule has 9 heteroatoms. The van der Waals surface area contributed by atoms with Gasteiger partial charge in [-0.25, -0.2) is 0 Å². The van der Waals surface area contributed by atoms with Gasteiger partial charge in [-0.05, 0) is 37.6 Å². The zero-order chi connectivity index (χ0) is 22.9. The maximum Gasteiger partial charge on any atom is 0.233 e. The van der Waals surface area contributed by atoms with Crippen molar-refractivity contribution >= 4 is 51.6 Å². The second kappa shape index (κ2) is 12.0. The van der Waals surface area contributed by atoms with Crippen LogP contribution in [0.25, 0.3) is 10.6 Å². The highest BCUT2D eigenvalue weighted by atomic mass is 35.5. The van der Waals surface area contributed by atoms with Gasteiger partial charge in [0.1, 0.15) is 5.01 Å². The third-order valence-electron chi connectivity index (χ3n) is 4.87. The molecule has 0 aliphatic heterocycles. The van der Waals surface area contributed by atoms with Gasteiger partial charge in [0.05, 0.1) is 5.75 Å². The van der Waals surface area contributed by atoms with E-state index in [-0.39, 0.29) is 24.3 Å². The molecule has 0 fully saturated rings. The Hall–Kier alpha value is -2.42. The Labute approximate surface area is 201 Å². The number of halogens is 1. The fraction of sp³-hybridized carbons (Fsp3) is 0.304. The molecule has 3 aromatic rings. The van der Waals surface area contributed by atoms with Crippen LogP contribution in [0.1, 0.15) is 26.7 Å². The molecule has 0 bridgehead atoms. The average Bonchev–Trinajstić information content (AvgIpc) is 3.26. The zero-order valence-electron chi connectivity index (χ0n) is 18.0. The molecule has 0 aliphatic rings. The van der Waals surface area contributed by atoms with E-state index in [1.54, 1.807) is 17.0 Å². The minimum Gasteiger partial charge on any atom is -0.339 e. The van der Waals surface area contributed by atoms with E-state index in [2.05, 4.69) is 15.5 Å². The number of carbonyl (C=O) groups excluding carboxylic acids is 2. The van der Waals surface area contributed by atoms with Crippen molar-refractivity contribution in [2.45, 2.75) is 37.6 Å². The molecule has 2 aromatic carbocycles. The molecular weight excluding hydrogens is 464 g/mol. The van der Waals surface area contributed by atoms with Crippen LogP contribution < -0.4 is 5.32 Å². The first-order chi connectivity index (χ1) is 15.5. The first kappa shape index (κ1) is 24.2. The lowest BCUT2D eigenvalue weighted by Gasteiger charge is -2.28. The average molecular weight is 489 g/mol. The molecule has 1 aromatic heterocycles. The van der Waals surface area contributed by atoms with E-state index in [0.717, 1.165) is 16.9 Å². The number of thioether (sulfide) groups is 1. The Bertz CT molecular complexity index is 1050. The molecule has 1 N–H and O–H groups in total. The second-order valence-electron chi connectivity index (χ2n) is 7.17. The van der Waals surface area contributed by atoms with Crippen LogP contribution in [-0.4, -0.2) is 45.3 Å². The summed E-state index contributed by atoms with van der Waals surface area (Å²) in [7, 11) is 0. The van der Waals surface area contributed by atoms with E-state index < -0.39 is 0 Å². The Balaban J connectivity index is 1.54. The molecule has 0 aliphatic carbocycles. The molecule has 0 saturated carbocycles. The second-order valence-corrected chi connectivity index (χ2v) is 9.63. The minimum absolute atomic E-state index is 0.0279. The van der Waals surface area contributed by atoms with E-state index >= 15 is 0 Å². The van der Waals surface area contributed by atoms with E-state index in [0.29, 0.717) is 27.5 Å². The van der Waals surface area contributed by atoms with Crippen LogP contribution in [0.2, 0.25) is 5.02 Å². The van der Waals surface area contributed by atoms with Gasteiger partial charge in [0.15, 0.2) is 0 Å². The van der Waals surface area contributed by atoms with Crippen molar-refractivity contribution in [3.05, 3.63) is 59.6 Å². The van der Waals surface area contributed by atoms with Crippen molar-refractivity contribution < 1.29 is 9.59 Å². The van der Waals surface area contributed by atoms with Crippen molar-refractivity contribution in [2.24, 2.45) is 0 Å². The lowest BCUT2D eigenvalue weighted by molar-refractivity contribution is -0.130. The van der Waals surface area contributed by atoms with Crippen molar-refractivity contribution in [1.82, 2.24) is 15.1 Å². The summed E-state index contributed by atoms with van der Waals surface area (Å²) in [6.45, 7) is 4.40. The summed E-state index contributed by atoms with van der Waals surface area (Å²) >= 11 is 8.82. The lowest BCUT2D eigenvalue weighted by atomic mass is 10.2. The van der Waals surface area contributed by atoms with Crippen LogP contribution in [0, 0.1) is 0 Å². The van der Waals surface area contributed by atoms with E-state index in [9.17, 15) is 9.59 Å². The first-order valence-corrected chi connectivity index (χ1v) is 12.5. The van der Waals surface area contributed by atoms with Crippen molar-refractivity contribution in [2.75, 3.05) is 17.6 Å². The summed E-state index contributed by atoms with van der Waals surface area (Å²) in [6.07, 6.45) is 1.01. The Kier molecular flexibility index (Phi) is 9.08. The predicted molar refractivity (Wildman–Crippen MR) is 132 cm³/mol. The molecule has 6 nitrogen and oxygen atoms in total. The van der Waals surface area contributed by atoms with Gasteiger partial charge in [-0.15, -0.1) is 22.0 Å². The topological polar surface area (TPSA) is 75.2 Å². The normalized spacial score (nSPS) is 11.7. The van der Waals surface area contributed by atoms with Crippen LogP contribution in [0.15, 0.2) is 59.5 Å². The van der Waals surface area contributed by atoms with Gasteiger partial charge in [-0.1, -0.05) is 60.2 Å². The number of carbonyl (C=O) groups is 2. The number of amides is 2. The van der Waals surface area contributed by atoms with E-state index in [1.165, 1.54) is 23.1 Å². The summed E-state index contributed by atoms with van der Waals surface area (Å²) in [5.41, 5.74) is 0.847. The Morgan fingerprint density at radius 1 is 1.16 bits per heavy atom. The molecule has 3 rings (SSSR count). The molecule has 0 radical (unpaired) electrons. The van der Waals surface area contributed by atoms with E-state index in [4.69, 9.17) is 11.6 Å². The molecule has 0 saturated heterocycles. The van der Waals surface area contributed by atoms with Gasteiger partial charge < -0.3 is 10.2 Å². The van der Waals surface area contributed by atoms with Crippen LogP contribution in [0.4, 0.5) is 5.13 Å². The number of aromatic nitrogens is 2. The molecule has 0 unspecified atom stereocenters. The van der Waals surface area contributed by atoms with Crippen LogP contribution in [0.3, 0.4) is 0 Å². The maximum atomic E-state index is 12.8. The summed E-state index contributed by atoms with van der Waals surface area (Å²) in [6, 6.07) is 17.2. The fourth-order valence-electron chi connectivity index (χ4n) is 2.97. The van der Waals surface area contributed by atoms with Gasteiger partial charge in [-0.2, -0.15) is 0 Å². The van der Waals surface area contributed by atoms with E-state index in [1.807, 2.05) is 56.3 Å². The standard InChI is InChI=1S/C23H25ClN4O2S2/c1-3-16(2)28(21(30)15-31-19-10-5-4-6-11-19)13-12-20(29)25-23-27-26-22(32-23)17-8-7-9-18(24)14-17/h4-11,14,16H,3,12-13,15H2,1-2H3,(H,25,27,29)/t16-/m1/s1. The number of benzene rings is 2. The number of hydrogen-bond acceptors (Lipinski definition) is 6. The van der Waals surface area contributed by atoms with Gasteiger partial charge in [0, 0.05) is 34.5 Å². The lowest BCUT2D eigenvalue weighted by Crippen LogP contribution is -2.41. The molecular formula is C23H25ClN4O2S2. The number of nitrogens with zero attached hydrogens (tertiary/aromatic N) is 3. The Morgan fingerprint density at radius 3 is 2.66 bits per heavy atom. The number of anilines is 1. The quantitative estimate of drug-likeness (QED) is 0.375. The fourth-order valence-corrected chi connectivity index (χ4v) is 4.72. The number of rotatable bonds is 10. The summed E-state index contributed by atoms with van der Waals surface area (Å²) < 4.78 is 0. The molecule has 2 amide bonds. The molecule has 1 atom stereocenters. The molecule has 32 heavy (non-hydrogen) atoms. The maximum absolute atomic E-state index is 12.8. The van der Waals surface area contributed by atoms with Gasteiger partial charge >= 0.3 is 0 Å². The van der Waals surface area contributed by atoms with Crippen LogP contribution >= 0.6 is 34.7 Å². The van der Waals surface area contributed by atoms with Gasteiger partial charge in [0.25, 0.3) is 0 Å². The Morgan fingerprint density at radius 2 is 1.94 bits per heavy atom. The predicted octanol–water partition coefficient (Wildman–Crippen LogP) is 5.61. The van der Waals surface area contributed by atoms with Crippen molar-refractivity contribution in [1.29, 1.82) is 0 Å². The monoisotopic (exact) mass is 488 g/mol. The third kappa shape index (κ3) is 7.05. The minimum atomic E-state index is -0.199. The highest BCUT2D eigenvalue weighted by molar-refractivity contribution is 8.00.